The van der Waals surface area contributed by atoms with Gasteiger partial charge >= 0.3 is 0 Å². The molecule has 3 rings (SSSR count). The zero-order valence-electron chi connectivity index (χ0n) is 15.9. The monoisotopic (exact) mass is 417 g/mol. The van der Waals surface area contributed by atoms with Gasteiger partial charge in [0.25, 0.3) is 0 Å². The number of Topliss-reactive ketones (excluding diaryl/α,β-unsaturated/α-hetero) is 1. The molecule has 6 nitrogen and oxygen atoms in total. The summed E-state index contributed by atoms with van der Waals surface area (Å²) in [4.78, 5) is 12.7. The lowest BCUT2D eigenvalue weighted by atomic mass is 10.1. The van der Waals surface area contributed by atoms with Gasteiger partial charge in [0.2, 0.25) is 0 Å². The molecule has 2 aromatic heterocycles. The number of rotatable bonds is 10. The molecule has 28 heavy (non-hydrogen) atoms. The fraction of sp³-hybridized carbons (Fsp3) is 0.350. The van der Waals surface area contributed by atoms with E-state index in [9.17, 15) is 9.90 Å². The summed E-state index contributed by atoms with van der Waals surface area (Å²) in [5.74, 6) is 2.04. The van der Waals surface area contributed by atoms with Gasteiger partial charge in [-0.1, -0.05) is 24.8 Å². The third kappa shape index (κ3) is 5.01. The van der Waals surface area contributed by atoms with E-state index in [1.54, 1.807) is 35.6 Å². The topological polar surface area (TPSA) is 77.2 Å². The van der Waals surface area contributed by atoms with Gasteiger partial charge < -0.3 is 14.4 Å². The van der Waals surface area contributed by atoms with Gasteiger partial charge in [-0.05, 0) is 42.6 Å². The lowest BCUT2D eigenvalue weighted by molar-refractivity contribution is 0.0987. The van der Waals surface area contributed by atoms with Crippen LogP contribution in [0.15, 0.2) is 46.9 Å². The highest BCUT2D eigenvalue weighted by Gasteiger charge is 2.16. The van der Waals surface area contributed by atoms with Crippen molar-refractivity contribution in [3.8, 4) is 16.5 Å². The van der Waals surface area contributed by atoms with Crippen LogP contribution in [-0.2, 0) is 6.54 Å². The van der Waals surface area contributed by atoms with Gasteiger partial charge in [-0.2, -0.15) is 0 Å². The number of aliphatic hydroxyl groups is 1. The van der Waals surface area contributed by atoms with Gasteiger partial charge in [-0.3, -0.25) is 4.79 Å². The van der Waals surface area contributed by atoms with Crippen LogP contribution in [0.5, 0.6) is 5.75 Å². The van der Waals surface area contributed by atoms with Gasteiger partial charge in [0.1, 0.15) is 12.4 Å². The number of carbonyl (C=O) groups excluding carboxylic acids is 1. The third-order valence-electron chi connectivity index (χ3n) is 4.12. The number of aromatic nitrogens is 3. The summed E-state index contributed by atoms with van der Waals surface area (Å²) < 4.78 is 7.68. The smallest absolute Gasteiger partial charge is 0.191 e. The second-order valence-corrected chi connectivity index (χ2v) is 8.04. The molecule has 0 saturated carbocycles. The number of hydrogen-bond acceptors (Lipinski definition) is 7. The Hall–Kier alpha value is -2.16. The molecular formula is C20H23N3O3S2. The van der Waals surface area contributed by atoms with E-state index in [0.717, 1.165) is 22.4 Å². The van der Waals surface area contributed by atoms with Crippen molar-refractivity contribution in [3.63, 3.8) is 0 Å². The van der Waals surface area contributed by atoms with Gasteiger partial charge in [0, 0.05) is 24.3 Å². The average Bonchev–Trinajstić information content (AvgIpc) is 3.39. The summed E-state index contributed by atoms with van der Waals surface area (Å²) >= 11 is 3.09. The Morgan fingerprint density at radius 2 is 2.04 bits per heavy atom. The normalized spacial score (nSPS) is 12.1. The molecule has 1 N–H and O–H groups in total. The van der Waals surface area contributed by atoms with E-state index in [2.05, 4.69) is 17.1 Å². The second kappa shape index (κ2) is 9.86. The highest BCUT2D eigenvalue weighted by Crippen LogP contribution is 2.27. The van der Waals surface area contributed by atoms with Gasteiger partial charge in [-0.15, -0.1) is 21.5 Å². The maximum Gasteiger partial charge on any atom is 0.191 e. The lowest BCUT2D eigenvalue weighted by Crippen LogP contribution is -2.20. The largest absolute Gasteiger partial charge is 0.491 e. The zero-order chi connectivity index (χ0) is 19.9. The summed E-state index contributed by atoms with van der Waals surface area (Å²) in [6, 6.07) is 11.0. The number of hydrogen-bond donors (Lipinski definition) is 1. The standard InChI is InChI=1S/C20H23N3O3S2/c1-3-17(25)14-7-9-16(10-8-14)26-12-15(24)13-28-20-22-21-19(23(20)4-2)18-6-5-11-27-18/h5-11,15,24H,3-4,12-13H2,1-2H3/t15-/m1/s1. The molecule has 0 saturated heterocycles. The molecule has 0 spiro atoms. The van der Waals surface area contributed by atoms with Crippen molar-refractivity contribution in [1.82, 2.24) is 14.8 Å². The number of ether oxygens (including phenoxy) is 1. The first-order chi connectivity index (χ1) is 13.6. The Morgan fingerprint density at radius 3 is 2.68 bits per heavy atom. The molecule has 0 bridgehead atoms. The van der Waals surface area contributed by atoms with Crippen LogP contribution < -0.4 is 4.74 Å². The molecule has 0 unspecified atom stereocenters. The molecule has 0 radical (unpaired) electrons. The number of aliphatic hydroxyl groups excluding tert-OH is 1. The minimum absolute atomic E-state index is 0.102. The van der Waals surface area contributed by atoms with E-state index >= 15 is 0 Å². The molecule has 0 aliphatic heterocycles. The summed E-state index contributed by atoms with van der Waals surface area (Å²) in [5.41, 5.74) is 0.673. The molecular weight excluding hydrogens is 394 g/mol. The van der Waals surface area contributed by atoms with E-state index in [1.165, 1.54) is 11.8 Å². The lowest BCUT2D eigenvalue weighted by Gasteiger charge is -2.12. The van der Waals surface area contributed by atoms with E-state index in [1.807, 2.05) is 29.0 Å². The number of ketones is 1. The predicted molar refractivity (Wildman–Crippen MR) is 112 cm³/mol. The van der Waals surface area contributed by atoms with Crippen LogP contribution in [0.3, 0.4) is 0 Å². The van der Waals surface area contributed by atoms with Crippen molar-refractivity contribution in [2.45, 2.75) is 38.1 Å². The van der Waals surface area contributed by atoms with Crippen LogP contribution in [0.2, 0.25) is 0 Å². The van der Waals surface area contributed by atoms with E-state index < -0.39 is 6.10 Å². The van der Waals surface area contributed by atoms with Crippen molar-refractivity contribution in [2.75, 3.05) is 12.4 Å². The Kier molecular flexibility index (Phi) is 7.24. The summed E-state index contributed by atoms with van der Waals surface area (Å²) in [6.07, 6.45) is -0.165. The van der Waals surface area contributed by atoms with E-state index in [0.29, 0.717) is 23.5 Å². The first-order valence-electron chi connectivity index (χ1n) is 9.16. The van der Waals surface area contributed by atoms with Gasteiger partial charge in [-0.25, -0.2) is 0 Å². The maximum absolute atomic E-state index is 11.6. The third-order valence-corrected chi connectivity index (χ3v) is 6.10. The van der Waals surface area contributed by atoms with Gasteiger partial charge in [0.15, 0.2) is 16.8 Å². The number of carbonyl (C=O) groups is 1. The summed E-state index contributed by atoms with van der Waals surface area (Å²) in [7, 11) is 0. The Morgan fingerprint density at radius 1 is 1.25 bits per heavy atom. The molecule has 148 valence electrons. The van der Waals surface area contributed by atoms with Crippen LogP contribution in [0.25, 0.3) is 10.7 Å². The van der Waals surface area contributed by atoms with Crippen LogP contribution in [-0.4, -0.2) is 44.1 Å². The molecule has 0 aliphatic rings. The maximum atomic E-state index is 11.6. The van der Waals surface area contributed by atoms with E-state index in [4.69, 9.17) is 4.74 Å². The molecule has 0 aliphatic carbocycles. The minimum Gasteiger partial charge on any atom is -0.491 e. The SMILES string of the molecule is CCC(=O)c1ccc(OC[C@@H](O)CSc2nnc(-c3cccs3)n2CC)cc1. The highest BCUT2D eigenvalue weighted by molar-refractivity contribution is 7.99. The Labute approximate surface area is 172 Å². The van der Waals surface area contributed by atoms with Crippen LogP contribution >= 0.6 is 23.1 Å². The zero-order valence-corrected chi connectivity index (χ0v) is 17.5. The molecule has 3 aromatic rings. The quantitative estimate of drug-likeness (QED) is 0.394. The molecule has 2 heterocycles. The summed E-state index contributed by atoms with van der Waals surface area (Å²) in [5, 5.41) is 21.6. The van der Waals surface area contributed by atoms with Gasteiger partial charge in [0.05, 0.1) is 11.0 Å². The minimum atomic E-state index is -0.644. The average molecular weight is 418 g/mol. The predicted octanol–water partition coefficient (Wildman–Crippen LogP) is 4.15. The number of benzene rings is 1. The highest BCUT2D eigenvalue weighted by atomic mass is 32.2. The van der Waals surface area contributed by atoms with Crippen molar-refractivity contribution in [3.05, 3.63) is 47.3 Å². The fourth-order valence-electron chi connectivity index (χ4n) is 2.62. The van der Waals surface area contributed by atoms with Crippen LogP contribution in [0.4, 0.5) is 0 Å². The number of thioether (sulfide) groups is 1. The fourth-order valence-corrected chi connectivity index (χ4v) is 4.25. The second-order valence-electron chi connectivity index (χ2n) is 6.10. The van der Waals surface area contributed by atoms with Crippen LogP contribution in [0.1, 0.15) is 30.6 Å². The molecule has 1 aromatic carbocycles. The van der Waals surface area contributed by atoms with Crippen molar-refractivity contribution >= 4 is 28.9 Å². The first-order valence-corrected chi connectivity index (χ1v) is 11.0. The van der Waals surface area contributed by atoms with E-state index in [-0.39, 0.29) is 12.4 Å². The van der Waals surface area contributed by atoms with Crippen LogP contribution in [0, 0.1) is 0 Å². The molecule has 8 heteroatoms. The summed E-state index contributed by atoms with van der Waals surface area (Å²) in [6.45, 7) is 4.82. The Balaban J connectivity index is 1.52. The molecule has 0 amide bonds. The molecule has 0 fully saturated rings. The van der Waals surface area contributed by atoms with Crippen molar-refractivity contribution in [1.29, 1.82) is 0 Å². The first kappa shape index (κ1) is 20.6. The number of thiophene rings is 1. The molecule has 1 atom stereocenters. The number of nitrogens with zero attached hydrogens (tertiary/aromatic N) is 3. The Bertz CT molecular complexity index is 892. The van der Waals surface area contributed by atoms with Crippen molar-refractivity contribution < 1.29 is 14.6 Å². The van der Waals surface area contributed by atoms with Crippen molar-refractivity contribution in [2.24, 2.45) is 0 Å².